The van der Waals surface area contributed by atoms with Gasteiger partial charge >= 0.3 is 0 Å². The molecule has 0 saturated heterocycles. The average molecular weight is 393 g/mol. The van der Waals surface area contributed by atoms with Crippen LogP contribution in [0.2, 0.25) is 10.0 Å². The fraction of sp³-hybridized carbons (Fsp3) is 0.263. The molecule has 1 amide bonds. The van der Waals surface area contributed by atoms with Crippen LogP contribution >= 0.6 is 23.2 Å². The first-order valence-electron chi connectivity index (χ1n) is 8.02. The number of nitrogens with zero attached hydrogens (tertiary/aromatic N) is 2. The zero-order chi connectivity index (χ0) is 18.8. The first-order valence-corrected chi connectivity index (χ1v) is 8.78. The summed E-state index contributed by atoms with van der Waals surface area (Å²) in [5, 5.41) is 1.53. The maximum Gasteiger partial charge on any atom is 0.260 e. The molecule has 0 spiro atoms. The molecule has 0 aliphatic carbocycles. The standard InChI is InChI=1S/C19H18Cl2N2O3/c1-11-4-7-14-15(20)8-16(21)19(18(14)22-11)25-10-17(24)23(3)9-13-6-5-12(2)26-13/h4-8H,9-10H2,1-3H3. The third-order valence-electron chi connectivity index (χ3n) is 3.93. The lowest BCUT2D eigenvalue weighted by molar-refractivity contribution is -0.132. The molecular formula is C19H18Cl2N2O3. The Labute approximate surface area is 161 Å². The van der Waals surface area contributed by atoms with E-state index in [0.29, 0.717) is 33.6 Å². The molecule has 0 radical (unpaired) electrons. The minimum absolute atomic E-state index is 0.164. The molecular weight excluding hydrogens is 375 g/mol. The normalized spacial score (nSPS) is 11.0. The van der Waals surface area contributed by atoms with Crippen LogP contribution in [0.3, 0.4) is 0 Å². The highest BCUT2D eigenvalue weighted by Crippen LogP contribution is 2.37. The highest BCUT2D eigenvalue weighted by Gasteiger charge is 2.17. The topological polar surface area (TPSA) is 55.6 Å². The third kappa shape index (κ3) is 3.94. The minimum Gasteiger partial charge on any atom is -0.480 e. The number of benzene rings is 1. The predicted octanol–water partition coefficient (Wildman–Crippen LogP) is 4.79. The highest BCUT2D eigenvalue weighted by atomic mass is 35.5. The molecule has 0 unspecified atom stereocenters. The van der Waals surface area contributed by atoms with Gasteiger partial charge in [-0.2, -0.15) is 0 Å². The van der Waals surface area contributed by atoms with Gasteiger partial charge in [0, 0.05) is 18.1 Å². The maximum atomic E-state index is 12.4. The molecule has 0 fully saturated rings. The van der Waals surface area contributed by atoms with Crippen molar-refractivity contribution in [3.8, 4) is 5.75 Å². The molecule has 2 aromatic heterocycles. The number of ether oxygens (including phenoxy) is 1. The molecule has 0 bridgehead atoms. The van der Waals surface area contributed by atoms with E-state index in [1.165, 1.54) is 4.90 Å². The number of amides is 1. The van der Waals surface area contributed by atoms with Crippen molar-refractivity contribution in [2.45, 2.75) is 20.4 Å². The summed E-state index contributed by atoms with van der Waals surface area (Å²) in [7, 11) is 1.69. The van der Waals surface area contributed by atoms with Crippen molar-refractivity contribution in [3.05, 3.63) is 57.6 Å². The summed E-state index contributed by atoms with van der Waals surface area (Å²) >= 11 is 12.5. The number of carbonyl (C=O) groups is 1. The van der Waals surface area contributed by atoms with Crippen molar-refractivity contribution in [3.63, 3.8) is 0 Å². The van der Waals surface area contributed by atoms with Crippen molar-refractivity contribution >= 4 is 40.0 Å². The summed E-state index contributed by atoms with van der Waals surface area (Å²) in [5.74, 6) is 1.67. The summed E-state index contributed by atoms with van der Waals surface area (Å²) in [6, 6.07) is 9.01. The number of aryl methyl sites for hydroxylation is 2. The van der Waals surface area contributed by atoms with Gasteiger partial charge in [0.05, 0.1) is 16.6 Å². The summed E-state index contributed by atoms with van der Waals surface area (Å²) in [6.45, 7) is 3.92. The molecule has 2 heterocycles. The fourth-order valence-corrected chi connectivity index (χ4v) is 3.13. The lowest BCUT2D eigenvalue weighted by Crippen LogP contribution is -2.30. The van der Waals surface area contributed by atoms with Crippen LogP contribution in [0.15, 0.2) is 34.7 Å². The number of pyridine rings is 1. The van der Waals surface area contributed by atoms with Gasteiger partial charge in [-0.1, -0.05) is 23.2 Å². The van der Waals surface area contributed by atoms with E-state index >= 15 is 0 Å². The summed E-state index contributed by atoms with van der Waals surface area (Å²) < 4.78 is 11.2. The van der Waals surface area contributed by atoms with Gasteiger partial charge in [-0.25, -0.2) is 4.98 Å². The Hall–Kier alpha value is -2.24. The van der Waals surface area contributed by atoms with E-state index in [0.717, 1.165) is 16.8 Å². The van der Waals surface area contributed by atoms with Crippen LogP contribution in [0.1, 0.15) is 17.2 Å². The molecule has 3 rings (SSSR count). The summed E-state index contributed by atoms with van der Waals surface area (Å²) in [5.41, 5.74) is 1.34. The number of carbonyl (C=O) groups excluding carboxylic acids is 1. The Morgan fingerprint density at radius 3 is 2.65 bits per heavy atom. The molecule has 1 aromatic carbocycles. The Morgan fingerprint density at radius 2 is 1.96 bits per heavy atom. The van der Waals surface area contributed by atoms with Crippen LogP contribution in [-0.4, -0.2) is 29.4 Å². The maximum absolute atomic E-state index is 12.4. The summed E-state index contributed by atoms with van der Waals surface area (Å²) in [4.78, 5) is 18.4. The van der Waals surface area contributed by atoms with E-state index < -0.39 is 0 Å². The van der Waals surface area contributed by atoms with E-state index in [1.54, 1.807) is 13.1 Å². The van der Waals surface area contributed by atoms with E-state index in [4.69, 9.17) is 32.4 Å². The molecule has 136 valence electrons. The summed E-state index contributed by atoms with van der Waals surface area (Å²) in [6.07, 6.45) is 0. The van der Waals surface area contributed by atoms with Gasteiger partial charge in [0.1, 0.15) is 17.0 Å². The zero-order valence-electron chi connectivity index (χ0n) is 14.7. The minimum atomic E-state index is -0.203. The lowest BCUT2D eigenvalue weighted by Gasteiger charge is -2.17. The molecule has 0 aliphatic heterocycles. The van der Waals surface area contributed by atoms with E-state index in [9.17, 15) is 4.79 Å². The molecule has 0 saturated carbocycles. The van der Waals surface area contributed by atoms with Crippen molar-refractivity contribution in [1.82, 2.24) is 9.88 Å². The molecule has 3 aromatic rings. The Bertz CT molecular complexity index is 969. The number of aromatic nitrogens is 1. The van der Waals surface area contributed by atoms with Crippen molar-refractivity contribution in [2.75, 3.05) is 13.7 Å². The second-order valence-electron chi connectivity index (χ2n) is 6.07. The smallest absolute Gasteiger partial charge is 0.260 e. The van der Waals surface area contributed by atoms with E-state index in [-0.39, 0.29) is 12.5 Å². The number of rotatable bonds is 5. The molecule has 26 heavy (non-hydrogen) atoms. The largest absolute Gasteiger partial charge is 0.480 e. The molecule has 0 aliphatic rings. The van der Waals surface area contributed by atoms with Crippen molar-refractivity contribution < 1.29 is 13.9 Å². The monoisotopic (exact) mass is 392 g/mol. The van der Waals surface area contributed by atoms with E-state index in [1.807, 2.05) is 38.1 Å². The van der Waals surface area contributed by atoms with Gasteiger partial charge < -0.3 is 14.1 Å². The number of hydrogen-bond donors (Lipinski definition) is 0. The number of fused-ring (bicyclic) bond motifs is 1. The van der Waals surface area contributed by atoms with Gasteiger partial charge in [-0.05, 0) is 44.2 Å². The van der Waals surface area contributed by atoms with Crippen LogP contribution in [0, 0.1) is 13.8 Å². The molecule has 7 heteroatoms. The zero-order valence-corrected chi connectivity index (χ0v) is 16.2. The van der Waals surface area contributed by atoms with Crippen LogP contribution < -0.4 is 4.74 Å². The fourth-order valence-electron chi connectivity index (χ4n) is 2.56. The third-order valence-corrected chi connectivity index (χ3v) is 4.53. The van der Waals surface area contributed by atoms with Crippen LogP contribution in [0.4, 0.5) is 0 Å². The van der Waals surface area contributed by atoms with Crippen molar-refractivity contribution in [1.29, 1.82) is 0 Å². The first kappa shape index (κ1) is 18.5. The number of furan rings is 1. The Morgan fingerprint density at radius 1 is 1.19 bits per heavy atom. The van der Waals surface area contributed by atoms with Gasteiger partial charge in [-0.15, -0.1) is 0 Å². The first-order chi connectivity index (χ1) is 12.3. The van der Waals surface area contributed by atoms with Gasteiger partial charge in [-0.3, -0.25) is 4.79 Å². The van der Waals surface area contributed by atoms with Crippen LogP contribution in [-0.2, 0) is 11.3 Å². The Kier molecular flexibility index (Phi) is 5.39. The highest BCUT2D eigenvalue weighted by molar-refractivity contribution is 6.39. The SMILES string of the molecule is Cc1ccc2c(Cl)cc(Cl)c(OCC(=O)N(C)Cc3ccc(C)o3)c2n1. The Balaban J connectivity index is 1.76. The number of hydrogen-bond acceptors (Lipinski definition) is 4. The van der Waals surface area contributed by atoms with E-state index in [2.05, 4.69) is 4.98 Å². The predicted molar refractivity (Wildman–Crippen MR) is 102 cm³/mol. The van der Waals surface area contributed by atoms with Crippen LogP contribution in [0.25, 0.3) is 10.9 Å². The molecule has 0 atom stereocenters. The quantitative estimate of drug-likeness (QED) is 0.626. The average Bonchev–Trinajstić information content (AvgIpc) is 2.98. The van der Waals surface area contributed by atoms with Gasteiger partial charge in [0.2, 0.25) is 0 Å². The molecule has 0 N–H and O–H groups in total. The van der Waals surface area contributed by atoms with Gasteiger partial charge in [0.25, 0.3) is 5.91 Å². The van der Waals surface area contributed by atoms with Gasteiger partial charge in [0.15, 0.2) is 12.4 Å². The van der Waals surface area contributed by atoms with Crippen LogP contribution in [0.5, 0.6) is 5.75 Å². The number of halogens is 2. The second-order valence-corrected chi connectivity index (χ2v) is 6.88. The lowest BCUT2D eigenvalue weighted by atomic mass is 10.2. The molecule has 5 nitrogen and oxygen atoms in total. The second kappa shape index (κ2) is 7.56. The van der Waals surface area contributed by atoms with Crippen molar-refractivity contribution in [2.24, 2.45) is 0 Å². The number of likely N-dealkylation sites (N-methyl/N-ethyl adjacent to an activating group) is 1.